The first-order chi connectivity index (χ1) is 15.0. The van der Waals surface area contributed by atoms with Gasteiger partial charge in [0.25, 0.3) is 5.91 Å². The van der Waals surface area contributed by atoms with E-state index in [1.807, 2.05) is 50.2 Å². The smallest absolute Gasteiger partial charge is 0.328 e. The molecule has 160 valence electrons. The van der Waals surface area contributed by atoms with Crippen LogP contribution in [0.3, 0.4) is 0 Å². The predicted molar refractivity (Wildman–Crippen MR) is 119 cm³/mol. The molecule has 31 heavy (non-hydrogen) atoms. The van der Waals surface area contributed by atoms with Crippen LogP contribution >= 0.6 is 11.3 Å². The van der Waals surface area contributed by atoms with Crippen LogP contribution < -0.4 is 9.64 Å². The summed E-state index contributed by atoms with van der Waals surface area (Å²) in [5.74, 6) is -0.165. The first kappa shape index (κ1) is 21.0. The van der Waals surface area contributed by atoms with Gasteiger partial charge in [0.2, 0.25) is 0 Å². The number of ether oxygens (including phenoxy) is 2. The molecule has 1 unspecified atom stereocenters. The molecule has 1 aliphatic heterocycles. The van der Waals surface area contributed by atoms with Gasteiger partial charge < -0.3 is 9.47 Å². The molecule has 2 aromatic heterocycles. The number of hydrogen-bond donors (Lipinski definition) is 0. The van der Waals surface area contributed by atoms with E-state index in [1.54, 1.807) is 24.5 Å². The van der Waals surface area contributed by atoms with Crippen LogP contribution in [0.5, 0.6) is 5.75 Å². The normalized spacial score (nSPS) is 14.0. The van der Waals surface area contributed by atoms with Crippen molar-refractivity contribution in [1.29, 1.82) is 0 Å². The van der Waals surface area contributed by atoms with Gasteiger partial charge in [-0.15, -0.1) is 11.3 Å². The number of pyridine rings is 1. The highest BCUT2D eigenvalue weighted by molar-refractivity contribution is 7.15. The molecule has 1 atom stereocenters. The molecule has 8 heteroatoms. The summed E-state index contributed by atoms with van der Waals surface area (Å²) in [6, 6.07) is 10.5. The second-order valence-corrected chi connectivity index (χ2v) is 8.42. The molecule has 1 aliphatic rings. The number of benzene rings is 1. The Morgan fingerprint density at radius 2 is 2.16 bits per heavy atom. The van der Waals surface area contributed by atoms with E-state index in [9.17, 15) is 9.59 Å². The van der Waals surface area contributed by atoms with E-state index in [0.29, 0.717) is 18.0 Å². The van der Waals surface area contributed by atoms with Crippen LogP contribution in [-0.2, 0) is 14.3 Å². The average Bonchev–Trinajstić information content (AvgIpc) is 3.18. The zero-order chi connectivity index (χ0) is 22.0. The number of nitrogens with zero attached hydrogens (tertiary/aromatic N) is 3. The molecular weight excluding hydrogens is 414 g/mol. The molecule has 0 aliphatic carbocycles. The SMILES string of the molecule is CCCOC(=O)C(C)N1C(=O)COc2ccc(-c3nc(-c4ccccn4)sc3C)cc21. The third-order valence-electron chi connectivity index (χ3n) is 4.97. The maximum absolute atomic E-state index is 12.7. The molecule has 3 aromatic rings. The highest BCUT2D eigenvalue weighted by Crippen LogP contribution is 2.39. The van der Waals surface area contributed by atoms with E-state index < -0.39 is 12.0 Å². The van der Waals surface area contributed by atoms with Crippen LogP contribution in [0.15, 0.2) is 42.6 Å². The predicted octanol–water partition coefficient (Wildman–Crippen LogP) is 4.25. The summed E-state index contributed by atoms with van der Waals surface area (Å²) in [4.78, 5) is 36.8. The summed E-state index contributed by atoms with van der Waals surface area (Å²) < 4.78 is 10.9. The van der Waals surface area contributed by atoms with Crippen LogP contribution in [0, 0.1) is 6.92 Å². The summed E-state index contributed by atoms with van der Waals surface area (Å²) in [5.41, 5.74) is 3.01. The summed E-state index contributed by atoms with van der Waals surface area (Å²) in [5, 5.41) is 0.825. The van der Waals surface area contributed by atoms with E-state index in [4.69, 9.17) is 14.5 Å². The zero-order valence-corrected chi connectivity index (χ0v) is 18.4. The molecule has 7 nitrogen and oxygen atoms in total. The van der Waals surface area contributed by atoms with Gasteiger partial charge in [-0.3, -0.25) is 14.7 Å². The Labute approximate surface area is 184 Å². The Hall–Kier alpha value is -3.26. The molecule has 0 saturated carbocycles. The minimum Gasteiger partial charge on any atom is -0.482 e. The van der Waals surface area contributed by atoms with E-state index >= 15 is 0 Å². The standard InChI is InChI=1S/C23H23N3O4S/c1-4-11-29-23(28)14(2)26-18-12-16(8-9-19(18)30-13-20(26)27)21-15(3)31-22(25-21)17-7-5-6-10-24-17/h5-10,12,14H,4,11,13H2,1-3H3. The molecule has 1 amide bonds. The van der Waals surface area contributed by atoms with Crippen molar-refractivity contribution in [2.24, 2.45) is 0 Å². The second kappa shape index (κ2) is 8.85. The Morgan fingerprint density at radius 1 is 1.32 bits per heavy atom. The molecule has 1 aromatic carbocycles. The van der Waals surface area contributed by atoms with Crippen molar-refractivity contribution >= 4 is 28.9 Å². The first-order valence-corrected chi connectivity index (χ1v) is 11.0. The molecule has 0 saturated heterocycles. The van der Waals surface area contributed by atoms with Gasteiger partial charge >= 0.3 is 5.97 Å². The lowest BCUT2D eigenvalue weighted by atomic mass is 10.1. The molecule has 0 spiro atoms. The quantitative estimate of drug-likeness (QED) is 0.537. The van der Waals surface area contributed by atoms with Gasteiger partial charge in [-0.25, -0.2) is 9.78 Å². The van der Waals surface area contributed by atoms with E-state index in [2.05, 4.69) is 4.98 Å². The maximum atomic E-state index is 12.7. The number of fused-ring (bicyclic) bond motifs is 1. The van der Waals surface area contributed by atoms with E-state index in [0.717, 1.165) is 33.3 Å². The molecule has 0 bridgehead atoms. The molecule has 4 rings (SSSR count). The van der Waals surface area contributed by atoms with Crippen molar-refractivity contribution in [2.75, 3.05) is 18.1 Å². The van der Waals surface area contributed by atoms with Crippen LogP contribution in [-0.4, -0.2) is 41.1 Å². The Bertz CT molecular complexity index is 1110. The highest BCUT2D eigenvalue weighted by atomic mass is 32.1. The van der Waals surface area contributed by atoms with E-state index in [1.165, 1.54) is 4.90 Å². The lowest BCUT2D eigenvalue weighted by molar-refractivity contribution is -0.146. The fourth-order valence-corrected chi connectivity index (χ4v) is 4.35. The van der Waals surface area contributed by atoms with Gasteiger partial charge in [0.05, 0.1) is 23.7 Å². The number of aromatic nitrogens is 2. The lowest BCUT2D eigenvalue weighted by Gasteiger charge is -2.33. The van der Waals surface area contributed by atoms with Crippen LogP contribution in [0.2, 0.25) is 0 Å². The third kappa shape index (κ3) is 4.16. The highest BCUT2D eigenvalue weighted by Gasteiger charge is 2.34. The summed E-state index contributed by atoms with van der Waals surface area (Å²) in [7, 11) is 0. The van der Waals surface area contributed by atoms with Crippen molar-refractivity contribution in [2.45, 2.75) is 33.2 Å². The Balaban J connectivity index is 1.71. The van der Waals surface area contributed by atoms with Crippen molar-refractivity contribution in [1.82, 2.24) is 9.97 Å². The molecule has 0 radical (unpaired) electrons. The number of esters is 1. The molecule has 3 heterocycles. The number of thiazole rings is 1. The van der Waals surface area contributed by atoms with Gasteiger partial charge in [0.1, 0.15) is 16.8 Å². The number of amides is 1. The van der Waals surface area contributed by atoms with Crippen molar-refractivity contribution < 1.29 is 19.1 Å². The number of carbonyl (C=O) groups excluding carboxylic acids is 2. The maximum Gasteiger partial charge on any atom is 0.328 e. The number of anilines is 1. The van der Waals surface area contributed by atoms with Gasteiger partial charge in [-0.05, 0) is 50.6 Å². The van der Waals surface area contributed by atoms with Crippen LogP contribution in [0.1, 0.15) is 25.1 Å². The molecular formula is C23H23N3O4S. The van der Waals surface area contributed by atoms with Crippen molar-refractivity contribution in [3.05, 3.63) is 47.5 Å². The number of rotatable bonds is 6. The fourth-order valence-electron chi connectivity index (χ4n) is 3.43. The van der Waals surface area contributed by atoms with E-state index in [-0.39, 0.29) is 12.5 Å². The van der Waals surface area contributed by atoms with Gasteiger partial charge in [-0.2, -0.15) is 0 Å². The zero-order valence-electron chi connectivity index (χ0n) is 17.6. The minimum atomic E-state index is -0.752. The van der Waals surface area contributed by atoms with Crippen molar-refractivity contribution in [3.8, 4) is 27.7 Å². The fraction of sp³-hybridized carbons (Fsp3) is 0.304. The summed E-state index contributed by atoms with van der Waals surface area (Å²) in [6.45, 7) is 5.81. The summed E-state index contributed by atoms with van der Waals surface area (Å²) in [6.07, 6.45) is 2.46. The Morgan fingerprint density at radius 3 is 2.90 bits per heavy atom. The summed E-state index contributed by atoms with van der Waals surface area (Å²) >= 11 is 1.56. The molecule has 0 N–H and O–H groups in total. The van der Waals surface area contributed by atoms with Gasteiger partial charge in [0, 0.05) is 16.6 Å². The largest absolute Gasteiger partial charge is 0.482 e. The van der Waals surface area contributed by atoms with Gasteiger partial charge in [0.15, 0.2) is 6.61 Å². The van der Waals surface area contributed by atoms with Crippen molar-refractivity contribution in [3.63, 3.8) is 0 Å². The average molecular weight is 438 g/mol. The lowest BCUT2D eigenvalue weighted by Crippen LogP contribution is -2.48. The number of hydrogen-bond acceptors (Lipinski definition) is 7. The van der Waals surface area contributed by atoms with Gasteiger partial charge in [-0.1, -0.05) is 13.0 Å². The third-order valence-corrected chi connectivity index (χ3v) is 5.96. The monoisotopic (exact) mass is 437 g/mol. The Kier molecular flexibility index (Phi) is 5.99. The van der Waals surface area contributed by atoms with Crippen LogP contribution in [0.25, 0.3) is 22.0 Å². The second-order valence-electron chi connectivity index (χ2n) is 7.22. The first-order valence-electron chi connectivity index (χ1n) is 10.1. The minimum absolute atomic E-state index is 0.114. The molecule has 0 fully saturated rings. The van der Waals surface area contributed by atoms with Crippen LogP contribution in [0.4, 0.5) is 5.69 Å². The topological polar surface area (TPSA) is 81.6 Å². The number of carbonyl (C=O) groups is 2. The number of aryl methyl sites for hydroxylation is 1.